The second-order valence-corrected chi connectivity index (χ2v) is 10.5. The van der Waals surface area contributed by atoms with Crippen LogP contribution in [0.15, 0.2) is 54.6 Å². The van der Waals surface area contributed by atoms with E-state index in [2.05, 4.69) is 5.32 Å². The first-order valence-corrected chi connectivity index (χ1v) is 13.1. The molecule has 218 valence electrons. The molecule has 8 nitrogen and oxygen atoms in total. The van der Waals surface area contributed by atoms with E-state index in [0.717, 1.165) is 18.2 Å². The maximum absolute atomic E-state index is 14.4. The highest BCUT2D eigenvalue weighted by atomic mass is 19.1. The first kappa shape index (κ1) is 29.7. The summed E-state index contributed by atoms with van der Waals surface area (Å²) in [6, 6.07) is 10.3. The number of benzene rings is 3. The number of nitrogens with one attached hydrogen (secondary N) is 1. The number of hydrogen-bond donors (Lipinski definition) is 3. The van der Waals surface area contributed by atoms with Crippen LogP contribution in [0.4, 0.5) is 23.7 Å². The van der Waals surface area contributed by atoms with Crippen LogP contribution in [0.5, 0.6) is 23.0 Å². The molecular weight excluding hydrogens is 541 g/mol. The molecule has 4 rings (SSSR count). The third-order valence-corrected chi connectivity index (χ3v) is 6.62. The Morgan fingerprint density at radius 3 is 2.22 bits per heavy atom. The van der Waals surface area contributed by atoms with Gasteiger partial charge in [0.2, 0.25) is 0 Å². The van der Waals surface area contributed by atoms with Crippen LogP contribution in [-0.4, -0.2) is 45.8 Å². The van der Waals surface area contributed by atoms with Gasteiger partial charge in [-0.3, -0.25) is 4.79 Å². The third-order valence-electron chi connectivity index (χ3n) is 6.62. The van der Waals surface area contributed by atoms with Crippen molar-refractivity contribution < 1.29 is 42.4 Å². The van der Waals surface area contributed by atoms with Crippen molar-refractivity contribution in [2.75, 3.05) is 18.4 Å². The van der Waals surface area contributed by atoms with Gasteiger partial charge in [0.05, 0.1) is 12.0 Å². The predicted octanol–water partition coefficient (Wildman–Crippen LogP) is 6.72. The number of carbonyl (C=O) groups is 2. The van der Waals surface area contributed by atoms with Crippen molar-refractivity contribution in [3.63, 3.8) is 0 Å². The third kappa shape index (κ3) is 8.14. The molecule has 1 fully saturated rings. The minimum atomic E-state index is -1.19. The maximum Gasteiger partial charge on any atom is 0.321 e. The van der Waals surface area contributed by atoms with E-state index in [1.807, 2.05) is 13.8 Å². The first-order valence-electron chi connectivity index (χ1n) is 13.1. The molecule has 1 saturated heterocycles. The number of carboxylic acid groups (broad SMARTS) is 1. The quantitative estimate of drug-likeness (QED) is 0.263. The highest BCUT2D eigenvalue weighted by Gasteiger charge is 2.34. The summed E-state index contributed by atoms with van der Waals surface area (Å²) in [5.41, 5.74) is -0.631. The Balaban J connectivity index is 1.56. The second-order valence-electron chi connectivity index (χ2n) is 10.5. The fraction of sp³-hybridized carbons (Fsp3) is 0.333. The summed E-state index contributed by atoms with van der Waals surface area (Å²) >= 11 is 0. The van der Waals surface area contributed by atoms with Gasteiger partial charge in [0.1, 0.15) is 28.9 Å². The highest BCUT2D eigenvalue weighted by molar-refractivity contribution is 5.90. The van der Waals surface area contributed by atoms with Crippen LogP contribution in [0.1, 0.15) is 38.7 Å². The van der Waals surface area contributed by atoms with Crippen molar-refractivity contribution in [2.45, 2.75) is 45.1 Å². The maximum atomic E-state index is 14.4. The van der Waals surface area contributed by atoms with Crippen molar-refractivity contribution in [3.05, 3.63) is 77.6 Å². The van der Waals surface area contributed by atoms with Gasteiger partial charge in [-0.25, -0.2) is 18.0 Å². The topological polar surface area (TPSA) is 108 Å². The monoisotopic (exact) mass is 572 g/mol. The number of amides is 2. The molecule has 0 bridgehead atoms. The number of rotatable bonds is 9. The van der Waals surface area contributed by atoms with Gasteiger partial charge in [-0.05, 0) is 48.9 Å². The number of carboxylic acids is 1. The molecular formula is C30H31F3N2O6. The second kappa shape index (κ2) is 12.5. The molecule has 0 spiro atoms. The molecule has 3 aromatic carbocycles. The van der Waals surface area contributed by atoms with E-state index in [-0.39, 0.29) is 34.2 Å². The van der Waals surface area contributed by atoms with Gasteiger partial charge in [-0.1, -0.05) is 19.9 Å². The minimum Gasteiger partial charge on any atom is -0.481 e. The predicted molar refractivity (Wildman–Crippen MR) is 145 cm³/mol. The zero-order valence-electron chi connectivity index (χ0n) is 22.6. The van der Waals surface area contributed by atoms with Gasteiger partial charge in [0.25, 0.3) is 0 Å². The highest BCUT2D eigenvalue weighted by Crippen LogP contribution is 2.35. The molecule has 3 N–H and O–H groups in total. The summed E-state index contributed by atoms with van der Waals surface area (Å²) < 4.78 is 53.4. The van der Waals surface area contributed by atoms with Crippen LogP contribution in [0, 0.1) is 23.4 Å². The minimum absolute atomic E-state index is 0.0245. The van der Waals surface area contributed by atoms with E-state index in [9.17, 15) is 27.9 Å². The lowest BCUT2D eigenvalue weighted by Crippen LogP contribution is -2.48. The fourth-order valence-corrected chi connectivity index (χ4v) is 4.77. The first-order chi connectivity index (χ1) is 19.4. The summed E-state index contributed by atoms with van der Waals surface area (Å²) in [5.74, 6) is -3.47. The number of carbonyl (C=O) groups excluding carboxylic acids is 1. The van der Waals surface area contributed by atoms with Crippen LogP contribution in [0.3, 0.4) is 0 Å². The number of halogens is 3. The Kier molecular flexibility index (Phi) is 9.07. The van der Waals surface area contributed by atoms with Gasteiger partial charge in [0, 0.05) is 49.1 Å². The molecule has 1 aliphatic rings. The number of hydrogen-bond acceptors (Lipinski definition) is 5. The Morgan fingerprint density at radius 2 is 1.61 bits per heavy atom. The van der Waals surface area contributed by atoms with Crippen molar-refractivity contribution in [1.82, 2.24) is 4.90 Å². The summed E-state index contributed by atoms with van der Waals surface area (Å²) in [4.78, 5) is 25.6. The van der Waals surface area contributed by atoms with Crippen molar-refractivity contribution >= 4 is 17.7 Å². The number of aliphatic hydroxyl groups is 1. The Bertz CT molecular complexity index is 1420. The molecule has 1 heterocycles. The average Bonchev–Trinajstić information content (AvgIpc) is 2.87. The van der Waals surface area contributed by atoms with Crippen molar-refractivity contribution in [3.8, 4) is 23.0 Å². The SMILES string of the molecule is CC(C)CC1(O)CCN(C(=O)Nc2cc(Oc3ccc(CC(=O)O)c(F)c3)cc(Oc3ccc(F)cc3F)c2)CC1. The number of piperidine rings is 1. The molecule has 11 heteroatoms. The fourth-order valence-electron chi connectivity index (χ4n) is 4.77. The number of urea groups is 1. The smallest absolute Gasteiger partial charge is 0.321 e. The Labute approximate surface area is 235 Å². The zero-order chi connectivity index (χ0) is 29.7. The summed E-state index contributed by atoms with van der Waals surface area (Å²) in [6.07, 6.45) is 1.01. The number of anilines is 1. The normalized spacial score (nSPS) is 14.6. The van der Waals surface area contributed by atoms with Gasteiger partial charge in [-0.2, -0.15) is 0 Å². The summed E-state index contributed by atoms with van der Waals surface area (Å²) in [6.45, 7) is 4.75. The van der Waals surface area contributed by atoms with E-state index >= 15 is 0 Å². The number of likely N-dealkylation sites (tertiary alicyclic amines) is 1. The van der Waals surface area contributed by atoms with E-state index in [0.29, 0.717) is 44.3 Å². The molecule has 3 aromatic rings. The van der Waals surface area contributed by atoms with Crippen LogP contribution in [-0.2, 0) is 11.2 Å². The summed E-state index contributed by atoms with van der Waals surface area (Å²) in [7, 11) is 0. The molecule has 0 aromatic heterocycles. The van der Waals surface area contributed by atoms with Gasteiger partial charge >= 0.3 is 12.0 Å². The lowest BCUT2D eigenvalue weighted by Gasteiger charge is -2.39. The lowest BCUT2D eigenvalue weighted by atomic mass is 9.84. The number of nitrogens with zero attached hydrogens (tertiary/aromatic N) is 1. The summed E-state index contributed by atoms with van der Waals surface area (Å²) in [5, 5.41) is 22.5. The van der Waals surface area contributed by atoms with Crippen LogP contribution in [0.25, 0.3) is 0 Å². The molecule has 0 unspecified atom stereocenters. The molecule has 0 saturated carbocycles. The number of aliphatic carboxylic acids is 1. The Morgan fingerprint density at radius 1 is 0.927 bits per heavy atom. The van der Waals surface area contributed by atoms with E-state index < -0.39 is 41.5 Å². The van der Waals surface area contributed by atoms with Gasteiger partial charge in [-0.15, -0.1) is 0 Å². The van der Waals surface area contributed by atoms with Crippen molar-refractivity contribution in [2.24, 2.45) is 5.92 Å². The molecule has 41 heavy (non-hydrogen) atoms. The van der Waals surface area contributed by atoms with E-state index in [1.54, 1.807) is 4.90 Å². The standard InChI is InChI=1S/C30H31F3N2O6/c1-18(2)17-30(39)7-9-35(10-8-30)29(38)34-21-13-23(40-22-5-3-19(11-28(36)37)25(32)16-22)15-24(14-21)41-27-6-4-20(31)12-26(27)33/h3-6,12-16,18,39H,7-11,17H2,1-2H3,(H,34,38)(H,36,37). The largest absolute Gasteiger partial charge is 0.481 e. The number of ether oxygens (including phenoxy) is 2. The molecule has 0 atom stereocenters. The van der Waals surface area contributed by atoms with E-state index in [1.165, 1.54) is 30.3 Å². The van der Waals surface area contributed by atoms with Crippen LogP contribution in [0.2, 0.25) is 0 Å². The zero-order valence-corrected chi connectivity index (χ0v) is 22.6. The molecule has 1 aliphatic heterocycles. The molecule has 0 radical (unpaired) electrons. The van der Waals surface area contributed by atoms with Gasteiger partial charge in [0.15, 0.2) is 11.6 Å². The molecule has 0 aliphatic carbocycles. The van der Waals surface area contributed by atoms with Crippen LogP contribution >= 0.6 is 0 Å². The van der Waals surface area contributed by atoms with Crippen molar-refractivity contribution in [1.29, 1.82) is 0 Å². The molecule has 2 amide bonds. The van der Waals surface area contributed by atoms with Crippen LogP contribution < -0.4 is 14.8 Å². The van der Waals surface area contributed by atoms with E-state index in [4.69, 9.17) is 14.6 Å². The lowest BCUT2D eigenvalue weighted by molar-refractivity contribution is -0.136. The average molecular weight is 573 g/mol. The Hall–Kier alpha value is -4.25. The van der Waals surface area contributed by atoms with Gasteiger partial charge < -0.3 is 29.9 Å².